The number of alkyl halides is 6. The van der Waals surface area contributed by atoms with Gasteiger partial charge < -0.3 is 4.74 Å². The molecule has 1 aliphatic rings. The fourth-order valence-electron chi connectivity index (χ4n) is 1.91. The SMILES string of the molecule is CC1C(C(=O)OC(C(F)(F)F)C(F)(F)F)C1(C)C. The molecule has 106 valence electrons. The van der Waals surface area contributed by atoms with Crippen molar-refractivity contribution >= 4 is 5.97 Å². The maximum absolute atomic E-state index is 12.2. The van der Waals surface area contributed by atoms with Crippen molar-refractivity contribution in [1.29, 1.82) is 0 Å². The van der Waals surface area contributed by atoms with Gasteiger partial charge in [0.05, 0.1) is 5.92 Å². The van der Waals surface area contributed by atoms with E-state index in [0.717, 1.165) is 0 Å². The van der Waals surface area contributed by atoms with Gasteiger partial charge in [0.1, 0.15) is 0 Å². The molecule has 0 radical (unpaired) electrons. The Hall–Kier alpha value is -0.950. The lowest BCUT2D eigenvalue weighted by molar-refractivity contribution is -0.314. The summed E-state index contributed by atoms with van der Waals surface area (Å²) in [7, 11) is 0. The number of ether oxygens (including phenoxy) is 1. The van der Waals surface area contributed by atoms with Crippen molar-refractivity contribution in [2.75, 3.05) is 0 Å². The van der Waals surface area contributed by atoms with Gasteiger partial charge in [0.15, 0.2) is 0 Å². The van der Waals surface area contributed by atoms with Crippen LogP contribution in [0.3, 0.4) is 0 Å². The summed E-state index contributed by atoms with van der Waals surface area (Å²) < 4.78 is 76.5. The van der Waals surface area contributed by atoms with Gasteiger partial charge in [-0.2, -0.15) is 26.3 Å². The number of carbonyl (C=O) groups is 1. The fraction of sp³-hybridized carbons (Fsp3) is 0.900. The van der Waals surface area contributed by atoms with Crippen LogP contribution in [-0.2, 0) is 9.53 Å². The lowest BCUT2D eigenvalue weighted by Gasteiger charge is -2.23. The van der Waals surface area contributed by atoms with E-state index in [1.807, 2.05) is 0 Å². The van der Waals surface area contributed by atoms with Crippen LogP contribution in [0.4, 0.5) is 26.3 Å². The highest BCUT2D eigenvalue weighted by molar-refractivity contribution is 5.77. The van der Waals surface area contributed by atoms with Gasteiger partial charge in [0, 0.05) is 0 Å². The minimum Gasteiger partial charge on any atom is -0.443 e. The smallest absolute Gasteiger partial charge is 0.434 e. The van der Waals surface area contributed by atoms with Gasteiger partial charge in [-0.25, -0.2) is 0 Å². The zero-order chi connectivity index (χ0) is 14.5. The Morgan fingerprint density at radius 3 is 1.67 bits per heavy atom. The van der Waals surface area contributed by atoms with E-state index in [2.05, 4.69) is 4.74 Å². The Bertz CT molecular complexity index is 329. The van der Waals surface area contributed by atoms with E-state index in [1.54, 1.807) is 20.8 Å². The first kappa shape index (κ1) is 15.1. The largest absolute Gasteiger partial charge is 0.443 e. The molecular formula is C10H12F6O2. The van der Waals surface area contributed by atoms with Crippen LogP contribution in [0.25, 0.3) is 0 Å². The van der Waals surface area contributed by atoms with Crippen molar-refractivity contribution < 1.29 is 35.9 Å². The monoisotopic (exact) mass is 278 g/mol. The molecule has 0 saturated heterocycles. The second kappa shape index (κ2) is 4.03. The predicted molar refractivity (Wildman–Crippen MR) is 48.4 cm³/mol. The van der Waals surface area contributed by atoms with E-state index in [1.165, 1.54) is 0 Å². The molecule has 2 atom stereocenters. The molecule has 8 heteroatoms. The molecule has 0 aromatic carbocycles. The van der Waals surface area contributed by atoms with Crippen LogP contribution in [0.1, 0.15) is 20.8 Å². The second-order valence-electron chi connectivity index (χ2n) is 4.99. The number of hydrogen-bond acceptors (Lipinski definition) is 2. The minimum atomic E-state index is -5.66. The van der Waals surface area contributed by atoms with Gasteiger partial charge in [0.2, 0.25) is 0 Å². The number of halogens is 6. The lowest BCUT2D eigenvalue weighted by atomic mass is 10.1. The molecule has 0 aromatic heterocycles. The summed E-state index contributed by atoms with van der Waals surface area (Å²) in [5, 5.41) is 0. The molecule has 1 rings (SSSR count). The van der Waals surface area contributed by atoms with Crippen LogP contribution >= 0.6 is 0 Å². The first-order valence-electron chi connectivity index (χ1n) is 5.13. The second-order valence-corrected chi connectivity index (χ2v) is 4.99. The Balaban J connectivity index is 2.79. The van der Waals surface area contributed by atoms with E-state index in [-0.39, 0.29) is 5.92 Å². The molecule has 0 spiro atoms. The van der Waals surface area contributed by atoms with Crippen LogP contribution in [0.15, 0.2) is 0 Å². The molecule has 0 amide bonds. The molecule has 0 bridgehead atoms. The summed E-state index contributed by atoms with van der Waals surface area (Å²) in [5.41, 5.74) is -0.626. The van der Waals surface area contributed by atoms with Crippen LogP contribution in [0, 0.1) is 17.3 Å². The Morgan fingerprint density at radius 2 is 1.44 bits per heavy atom. The van der Waals surface area contributed by atoms with Gasteiger partial charge in [-0.05, 0) is 11.3 Å². The third-order valence-electron chi connectivity index (χ3n) is 3.45. The van der Waals surface area contributed by atoms with Crippen molar-refractivity contribution in [1.82, 2.24) is 0 Å². The molecule has 2 nitrogen and oxygen atoms in total. The van der Waals surface area contributed by atoms with Crippen molar-refractivity contribution in [3.05, 3.63) is 0 Å². The third-order valence-corrected chi connectivity index (χ3v) is 3.45. The summed E-state index contributed by atoms with van der Waals surface area (Å²) in [5.74, 6) is -2.68. The molecule has 1 saturated carbocycles. The average Bonchev–Trinajstić information content (AvgIpc) is 2.58. The molecule has 18 heavy (non-hydrogen) atoms. The first-order valence-corrected chi connectivity index (χ1v) is 5.13. The summed E-state index contributed by atoms with van der Waals surface area (Å²) in [6.45, 7) is 4.74. The van der Waals surface area contributed by atoms with Crippen LogP contribution in [0.2, 0.25) is 0 Å². The van der Waals surface area contributed by atoms with Gasteiger partial charge in [-0.1, -0.05) is 20.8 Å². The van der Waals surface area contributed by atoms with E-state index in [4.69, 9.17) is 0 Å². The highest BCUT2D eigenvalue weighted by atomic mass is 19.4. The van der Waals surface area contributed by atoms with Crippen molar-refractivity contribution in [2.45, 2.75) is 39.2 Å². The maximum atomic E-state index is 12.2. The summed E-state index contributed by atoms with van der Waals surface area (Å²) in [6, 6.07) is 0. The molecule has 0 heterocycles. The lowest BCUT2D eigenvalue weighted by Crippen LogP contribution is -2.46. The quantitative estimate of drug-likeness (QED) is 0.572. The number of carbonyl (C=O) groups excluding carboxylic acids is 1. The van der Waals surface area contributed by atoms with Gasteiger partial charge >= 0.3 is 18.3 Å². The molecule has 0 aromatic rings. The number of esters is 1. The minimum absolute atomic E-state index is 0.299. The number of rotatable bonds is 2. The predicted octanol–water partition coefficient (Wildman–Crippen LogP) is 3.31. The normalized spacial score (nSPS) is 27.2. The van der Waals surface area contributed by atoms with Gasteiger partial charge in [-0.15, -0.1) is 0 Å². The Kier molecular flexibility index (Phi) is 3.38. The first-order chi connectivity index (χ1) is 7.79. The summed E-state index contributed by atoms with van der Waals surface area (Å²) in [6.07, 6.45) is -15.4. The Morgan fingerprint density at radius 1 is 1.11 bits per heavy atom. The molecule has 2 unspecified atom stereocenters. The van der Waals surface area contributed by atoms with Crippen LogP contribution in [-0.4, -0.2) is 24.4 Å². The summed E-state index contributed by atoms with van der Waals surface area (Å²) in [4.78, 5) is 11.3. The molecule has 0 aliphatic heterocycles. The van der Waals surface area contributed by atoms with E-state index >= 15 is 0 Å². The molecule has 1 fully saturated rings. The topological polar surface area (TPSA) is 26.3 Å². The van der Waals surface area contributed by atoms with E-state index < -0.39 is 35.8 Å². The van der Waals surface area contributed by atoms with Crippen molar-refractivity contribution in [2.24, 2.45) is 17.3 Å². The highest BCUT2D eigenvalue weighted by Crippen LogP contribution is 2.58. The Labute approximate surface area is 99.3 Å². The van der Waals surface area contributed by atoms with E-state index in [0.29, 0.717) is 0 Å². The standard InChI is InChI=1S/C10H12F6O2/c1-4-5(8(4,2)3)6(17)18-7(9(11,12)13)10(14,15)16/h4-5,7H,1-3H3. The fourth-order valence-corrected chi connectivity index (χ4v) is 1.91. The average molecular weight is 278 g/mol. The van der Waals surface area contributed by atoms with Gasteiger partial charge in [0.25, 0.3) is 6.10 Å². The van der Waals surface area contributed by atoms with Crippen LogP contribution in [0.5, 0.6) is 0 Å². The molecular weight excluding hydrogens is 266 g/mol. The third kappa shape index (κ3) is 2.72. The molecule has 0 N–H and O–H groups in total. The van der Waals surface area contributed by atoms with Crippen molar-refractivity contribution in [3.63, 3.8) is 0 Å². The summed E-state index contributed by atoms with van der Waals surface area (Å²) >= 11 is 0. The maximum Gasteiger partial charge on any atom is 0.434 e. The molecule has 1 aliphatic carbocycles. The van der Waals surface area contributed by atoms with Crippen molar-refractivity contribution in [3.8, 4) is 0 Å². The highest BCUT2D eigenvalue weighted by Gasteiger charge is 2.64. The van der Waals surface area contributed by atoms with Gasteiger partial charge in [-0.3, -0.25) is 4.79 Å². The van der Waals surface area contributed by atoms with Crippen LogP contribution < -0.4 is 0 Å². The zero-order valence-electron chi connectivity index (χ0n) is 9.82. The number of hydrogen-bond donors (Lipinski definition) is 0. The van der Waals surface area contributed by atoms with E-state index in [9.17, 15) is 31.1 Å². The zero-order valence-corrected chi connectivity index (χ0v) is 9.82.